The summed E-state index contributed by atoms with van der Waals surface area (Å²) < 4.78 is 5.44. The Morgan fingerprint density at radius 2 is 1.46 bits per heavy atom. The van der Waals surface area contributed by atoms with Gasteiger partial charge in [-0.3, -0.25) is 4.79 Å². The van der Waals surface area contributed by atoms with Crippen LogP contribution in [-0.2, 0) is 9.53 Å². The van der Waals surface area contributed by atoms with Gasteiger partial charge in [0.05, 0.1) is 12.0 Å². The maximum Gasteiger partial charge on any atom is 0.309 e. The Hall–Kier alpha value is -0.465. The van der Waals surface area contributed by atoms with Crippen molar-refractivity contribution in [1.82, 2.24) is 0 Å². The summed E-state index contributed by atoms with van der Waals surface area (Å²) in [5.41, 5.74) is 0. The molecule has 0 bridgehead atoms. The number of hydrogen-bond acceptors (Lipinski definition) is 2. The largest absolute Gasteiger partial charge is 0.463 e. The van der Waals surface area contributed by atoms with Crippen LogP contribution in [0, 0.1) is 5.92 Å². The van der Waals surface area contributed by atoms with E-state index in [1.54, 1.807) is 0 Å². The summed E-state index contributed by atoms with van der Waals surface area (Å²) in [6.07, 6.45) is 16.8. The Kier molecular flexibility index (Phi) is 8.17. The lowest BCUT2D eigenvalue weighted by molar-refractivity contribution is -0.153. The first kappa shape index (κ1) is 19.9. The number of rotatable bonds is 4. The maximum absolute atomic E-state index is 12.2. The van der Waals surface area contributed by atoms with E-state index >= 15 is 0 Å². The quantitative estimate of drug-likeness (QED) is 0.444. The van der Waals surface area contributed by atoms with E-state index in [9.17, 15) is 4.79 Å². The van der Waals surface area contributed by atoms with Crippen molar-refractivity contribution in [3.8, 4) is 0 Å². The third-order valence-electron chi connectivity index (χ3n) is 6.07. The molecule has 1 radical (unpaired) electrons. The predicted octanol–water partition coefficient (Wildman–Crippen LogP) is 6.32. The number of esters is 1. The predicted molar refractivity (Wildman–Crippen MR) is 103 cm³/mol. The van der Waals surface area contributed by atoms with Crippen LogP contribution in [0.4, 0.5) is 0 Å². The van der Waals surface area contributed by atoms with Crippen LogP contribution in [0.3, 0.4) is 0 Å². The van der Waals surface area contributed by atoms with Crippen LogP contribution in [0.15, 0.2) is 0 Å². The van der Waals surface area contributed by atoms with Gasteiger partial charge in [0, 0.05) is 0 Å². The van der Waals surface area contributed by atoms with Crippen molar-refractivity contribution in [2.75, 3.05) is 0 Å². The van der Waals surface area contributed by atoms with Gasteiger partial charge in [-0.2, -0.15) is 0 Å². The summed E-state index contributed by atoms with van der Waals surface area (Å²) >= 11 is 0. The zero-order valence-electron chi connectivity index (χ0n) is 16.3. The second kappa shape index (κ2) is 9.87. The van der Waals surface area contributed by atoms with Crippen molar-refractivity contribution in [3.63, 3.8) is 0 Å². The average Bonchev–Trinajstić information content (AvgIpc) is 2.45. The fourth-order valence-corrected chi connectivity index (χ4v) is 4.73. The molecule has 2 rings (SSSR count). The molecule has 137 valence electrons. The van der Waals surface area contributed by atoms with E-state index in [2.05, 4.69) is 14.2 Å². The molecule has 0 spiro atoms. The highest BCUT2D eigenvalue weighted by molar-refractivity contribution is 6.41. The van der Waals surface area contributed by atoms with Gasteiger partial charge in [-0.25, -0.2) is 0 Å². The van der Waals surface area contributed by atoms with E-state index in [1.165, 1.54) is 57.8 Å². The Balaban J connectivity index is 1.82. The molecule has 0 atom stereocenters. The molecule has 2 saturated carbocycles. The van der Waals surface area contributed by atoms with E-state index in [-0.39, 0.29) is 18.0 Å². The number of carbonyl (C=O) groups is 1. The van der Waals surface area contributed by atoms with E-state index in [1.807, 2.05) is 13.8 Å². The summed E-state index contributed by atoms with van der Waals surface area (Å²) in [6, 6.07) is 0. The molecule has 24 heavy (non-hydrogen) atoms. The van der Waals surface area contributed by atoms with Crippen LogP contribution in [0.2, 0.25) is 11.1 Å². The summed E-state index contributed by atoms with van der Waals surface area (Å²) in [5, 5.41) is 0.386. The highest BCUT2D eigenvalue weighted by Crippen LogP contribution is 2.45. The molecular weight excluding hydrogens is 295 g/mol. The molecule has 0 heterocycles. The monoisotopic (exact) mass is 333 g/mol. The fourth-order valence-electron chi connectivity index (χ4n) is 4.73. The zero-order chi connectivity index (χ0) is 17.4. The molecule has 3 heteroatoms. The minimum absolute atomic E-state index is 0.0147. The lowest BCUT2D eigenvalue weighted by Crippen LogP contribution is -2.27. The summed E-state index contributed by atoms with van der Waals surface area (Å²) in [5.74, 6) is 1.01. The third-order valence-corrected chi connectivity index (χ3v) is 6.07. The van der Waals surface area contributed by atoms with Gasteiger partial charge < -0.3 is 4.74 Å². The molecule has 0 unspecified atom stereocenters. The summed E-state index contributed by atoms with van der Waals surface area (Å²) in [6.45, 7) is 6.36. The van der Waals surface area contributed by atoms with E-state index in [4.69, 9.17) is 4.74 Å². The van der Waals surface area contributed by atoms with Crippen molar-refractivity contribution in [1.29, 1.82) is 0 Å². The molecule has 2 aliphatic rings. The Labute approximate surface area is 150 Å². The Morgan fingerprint density at radius 3 is 2.00 bits per heavy atom. The standard InChI is InChI=1S/C21H38BO2/c1-17(2)24-20(23)18-11-9-15-21(3,16-10-12-18)22-19-13-7-5-4-6-8-14-19/h17-19H,4-16H2,1-3H3. The normalized spacial score (nSPS) is 30.8. The van der Waals surface area contributed by atoms with Gasteiger partial charge >= 0.3 is 5.97 Å². The molecule has 0 aromatic heterocycles. The van der Waals surface area contributed by atoms with E-state index < -0.39 is 0 Å². The van der Waals surface area contributed by atoms with Crippen LogP contribution >= 0.6 is 0 Å². The van der Waals surface area contributed by atoms with E-state index in [0.29, 0.717) is 5.31 Å². The third kappa shape index (κ3) is 6.80. The fraction of sp³-hybridized carbons (Fsp3) is 0.952. The van der Waals surface area contributed by atoms with Gasteiger partial charge in [-0.1, -0.05) is 88.7 Å². The van der Waals surface area contributed by atoms with Gasteiger partial charge in [-0.05, 0) is 26.7 Å². The number of hydrogen-bond donors (Lipinski definition) is 0. The van der Waals surface area contributed by atoms with Crippen molar-refractivity contribution in [3.05, 3.63) is 0 Å². The second-order valence-electron chi connectivity index (χ2n) is 8.89. The highest BCUT2D eigenvalue weighted by Gasteiger charge is 2.32. The molecule has 0 amide bonds. The van der Waals surface area contributed by atoms with Gasteiger partial charge in [0.25, 0.3) is 0 Å². The van der Waals surface area contributed by atoms with Crippen LogP contribution < -0.4 is 0 Å². The van der Waals surface area contributed by atoms with Gasteiger partial charge in [-0.15, -0.1) is 0 Å². The first-order chi connectivity index (χ1) is 11.5. The molecule has 0 aromatic rings. The smallest absolute Gasteiger partial charge is 0.309 e. The maximum atomic E-state index is 12.2. The van der Waals surface area contributed by atoms with Gasteiger partial charge in [0.15, 0.2) is 0 Å². The van der Waals surface area contributed by atoms with Crippen molar-refractivity contribution in [2.45, 2.75) is 121 Å². The molecule has 0 N–H and O–H groups in total. The summed E-state index contributed by atoms with van der Waals surface area (Å²) in [7, 11) is 2.73. The van der Waals surface area contributed by atoms with Crippen LogP contribution in [0.5, 0.6) is 0 Å². The van der Waals surface area contributed by atoms with Gasteiger partial charge in [0.2, 0.25) is 0 Å². The number of carbonyl (C=O) groups excluding carboxylic acids is 1. The first-order valence-corrected chi connectivity index (χ1v) is 10.5. The van der Waals surface area contributed by atoms with Crippen molar-refractivity contribution in [2.24, 2.45) is 5.92 Å². The molecule has 0 aliphatic heterocycles. The molecule has 2 aliphatic carbocycles. The number of ether oxygens (including phenoxy) is 1. The minimum Gasteiger partial charge on any atom is -0.463 e. The minimum atomic E-state index is 0.0147. The highest BCUT2D eigenvalue weighted by atomic mass is 16.5. The second-order valence-corrected chi connectivity index (χ2v) is 8.89. The molecule has 2 nitrogen and oxygen atoms in total. The topological polar surface area (TPSA) is 26.3 Å². The van der Waals surface area contributed by atoms with Crippen LogP contribution in [0.1, 0.15) is 104 Å². The molecule has 2 fully saturated rings. The van der Waals surface area contributed by atoms with Crippen LogP contribution in [-0.4, -0.2) is 19.4 Å². The van der Waals surface area contributed by atoms with Crippen molar-refractivity contribution >= 4 is 13.2 Å². The molecule has 0 aromatic carbocycles. The molecular formula is C21H38BO2. The SMILES string of the molecule is CC(C)OC(=O)C1CCCC(C)([B]C2CCCCCCC2)CCC1. The lowest BCUT2D eigenvalue weighted by atomic mass is 9.41. The van der Waals surface area contributed by atoms with Crippen molar-refractivity contribution < 1.29 is 9.53 Å². The van der Waals surface area contributed by atoms with E-state index in [0.717, 1.165) is 31.5 Å². The van der Waals surface area contributed by atoms with Gasteiger partial charge in [0.1, 0.15) is 7.28 Å². The lowest BCUT2D eigenvalue weighted by Gasteiger charge is -2.36. The first-order valence-electron chi connectivity index (χ1n) is 10.5. The van der Waals surface area contributed by atoms with Crippen LogP contribution in [0.25, 0.3) is 0 Å². The average molecular weight is 333 g/mol. The summed E-state index contributed by atoms with van der Waals surface area (Å²) in [4.78, 5) is 12.2. The zero-order valence-corrected chi connectivity index (χ0v) is 16.3. The Bertz CT molecular complexity index is 362. The molecule has 0 saturated heterocycles. The Morgan fingerprint density at radius 1 is 0.917 bits per heavy atom.